The smallest absolute Gasteiger partial charge is 0.471 e. The number of carboxylic acids is 1. The Morgan fingerprint density at radius 2 is 2.19 bits per heavy atom. The summed E-state index contributed by atoms with van der Waals surface area (Å²) in [5.41, 5.74) is -0.278. The largest absolute Gasteiger partial charge is 0.476 e. The van der Waals surface area contributed by atoms with Gasteiger partial charge in [0.2, 0.25) is 0 Å². The maximum Gasteiger partial charge on any atom is 0.471 e. The van der Waals surface area contributed by atoms with Crippen LogP contribution >= 0.6 is 0 Å². The minimum absolute atomic E-state index is 0.130. The summed E-state index contributed by atoms with van der Waals surface area (Å²) in [4.78, 5) is 21.5. The van der Waals surface area contributed by atoms with Crippen LogP contribution in [0.25, 0.3) is 0 Å². The number of amides is 1. The number of carbonyl (C=O) groups excluding carboxylic acids is 1. The minimum Gasteiger partial charge on any atom is -0.476 e. The number of halogens is 3. The molecule has 1 aromatic heterocycles. The highest BCUT2D eigenvalue weighted by molar-refractivity contribution is 5.84. The number of aromatic carboxylic acids is 1. The molecule has 11 heteroatoms. The fourth-order valence-electron chi connectivity index (χ4n) is 1.94. The van der Waals surface area contributed by atoms with Crippen LogP contribution in [0.5, 0.6) is 0 Å². The molecule has 2 N–H and O–H groups in total. The van der Waals surface area contributed by atoms with Crippen LogP contribution in [0, 0.1) is 5.92 Å². The summed E-state index contributed by atoms with van der Waals surface area (Å²) in [6.07, 6.45) is -3.78. The van der Waals surface area contributed by atoms with Crippen LogP contribution in [0.1, 0.15) is 16.5 Å². The SMILES string of the molecule is O=C(O)c1cn([C@@H]2COC[C@H]2CNC(=O)C(F)(F)F)nn1. The van der Waals surface area contributed by atoms with E-state index in [1.54, 1.807) is 5.32 Å². The molecular formula is C10H11F3N4O4. The molecule has 21 heavy (non-hydrogen) atoms. The van der Waals surface area contributed by atoms with E-state index in [4.69, 9.17) is 9.84 Å². The molecule has 0 unspecified atom stereocenters. The highest BCUT2D eigenvalue weighted by Crippen LogP contribution is 2.25. The van der Waals surface area contributed by atoms with E-state index in [1.165, 1.54) is 10.9 Å². The minimum atomic E-state index is -4.95. The Bertz CT molecular complexity index is 545. The number of carbonyl (C=O) groups is 2. The quantitative estimate of drug-likeness (QED) is 0.800. The Balaban J connectivity index is 2.00. The zero-order chi connectivity index (χ0) is 15.6. The lowest BCUT2D eigenvalue weighted by atomic mass is 10.0. The molecule has 1 aliphatic heterocycles. The maximum atomic E-state index is 12.1. The molecule has 0 radical (unpaired) electrons. The first-order valence-electron chi connectivity index (χ1n) is 5.87. The summed E-state index contributed by atoms with van der Waals surface area (Å²) in [5, 5.41) is 17.6. The van der Waals surface area contributed by atoms with E-state index < -0.39 is 30.0 Å². The number of nitrogens with one attached hydrogen (secondary N) is 1. The van der Waals surface area contributed by atoms with E-state index in [2.05, 4.69) is 10.3 Å². The molecule has 2 atom stereocenters. The highest BCUT2D eigenvalue weighted by Gasteiger charge is 2.40. The lowest BCUT2D eigenvalue weighted by Crippen LogP contribution is -2.41. The van der Waals surface area contributed by atoms with Gasteiger partial charge in [-0.15, -0.1) is 5.10 Å². The van der Waals surface area contributed by atoms with E-state index in [0.717, 1.165) is 0 Å². The normalized spacial score (nSPS) is 22.2. The Labute approximate surface area is 115 Å². The van der Waals surface area contributed by atoms with Gasteiger partial charge in [0.15, 0.2) is 5.69 Å². The third-order valence-corrected chi connectivity index (χ3v) is 3.02. The van der Waals surface area contributed by atoms with Gasteiger partial charge >= 0.3 is 18.1 Å². The summed E-state index contributed by atoms with van der Waals surface area (Å²) >= 11 is 0. The van der Waals surface area contributed by atoms with Crippen molar-refractivity contribution in [3.05, 3.63) is 11.9 Å². The molecule has 8 nitrogen and oxygen atoms in total. The topological polar surface area (TPSA) is 106 Å². The Morgan fingerprint density at radius 1 is 1.48 bits per heavy atom. The second-order valence-corrected chi connectivity index (χ2v) is 4.46. The van der Waals surface area contributed by atoms with Crippen LogP contribution in [0.15, 0.2) is 6.20 Å². The molecule has 1 aliphatic rings. The van der Waals surface area contributed by atoms with Gasteiger partial charge in [-0.2, -0.15) is 13.2 Å². The molecular weight excluding hydrogens is 297 g/mol. The Hall–Kier alpha value is -2.17. The molecule has 0 saturated carbocycles. The van der Waals surface area contributed by atoms with E-state index in [-0.39, 0.29) is 25.5 Å². The van der Waals surface area contributed by atoms with Crippen LogP contribution in [-0.2, 0) is 9.53 Å². The third kappa shape index (κ3) is 3.48. The average molecular weight is 308 g/mol. The van der Waals surface area contributed by atoms with E-state index >= 15 is 0 Å². The first kappa shape index (κ1) is 15.2. The molecule has 116 valence electrons. The Kier molecular flexibility index (Phi) is 4.11. The van der Waals surface area contributed by atoms with Crippen LogP contribution in [0.2, 0.25) is 0 Å². The zero-order valence-corrected chi connectivity index (χ0v) is 10.5. The van der Waals surface area contributed by atoms with Crippen molar-refractivity contribution in [1.29, 1.82) is 0 Å². The van der Waals surface area contributed by atoms with Gasteiger partial charge in [0.25, 0.3) is 0 Å². The average Bonchev–Trinajstić information content (AvgIpc) is 3.02. The Morgan fingerprint density at radius 3 is 2.76 bits per heavy atom. The van der Waals surface area contributed by atoms with Gasteiger partial charge in [0.05, 0.1) is 25.5 Å². The predicted octanol–water partition coefficient (Wildman–Crippen LogP) is -0.158. The fraction of sp³-hybridized carbons (Fsp3) is 0.600. The highest BCUT2D eigenvalue weighted by atomic mass is 19.4. The second kappa shape index (κ2) is 5.68. The van der Waals surface area contributed by atoms with Crippen molar-refractivity contribution in [1.82, 2.24) is 20.3 Å². The van der Waals surface area contributed by atoms with Crippen LogP contribution < -0.4 is 5.32 Å². The van der Waals surface area contributed by atoms with Gasteiger partial charge in [-0.1, -0.05) is 5.21 Å². The first-order valence-corrected chi connectivity index (χ1v) is 5.87. The third-order valence-electron chi connectivity index (χ3n) is 3.02. The van der Waals surface area contributed by atoms with Gasteiger partial charge in [0.1, 0.15) is 0 Å². The van der Waals surface area contributed by atoms with Crippen LogP contribution in [0.3, 0.4) is 0 Å². The molecule has 2 rings (SSSR count). The van der Waals surface area contributed by atoms with Gasteiger partial charge in [-0.25, -0.2) is 9.48 Å². The first-order chi connectivity index (χ1) is 9.79. The second-order valence-electron chi connectivity index (χ2n) is 4.46. The lowest BCUT2D eigenvalue weighted by molar-refractivity contribution is -0.173. The number of carboxylic acid groups (broad SMARTS) is 1. The number of nitrogens with zero attached hydrogens (tertiary/aromatic N) is 3. The fourth-order valence-corrected chi connectivity index (χ4v) is 1.94. The van der Waals surface area contributed by atoms with Gasteiger partial charge < -0.3 is 15.2 Å². The monoisotopic (exact) mass is 308 g/mol. The van der Waals surface area contributed by atoms with E-state index in [1.807, 2.05) is 0 Å². The molecule has 1 fully saturated rings. The number of ether oxygens (including phenoxy) is 1. The van der Waals surface area contributed by atoms with Crippen molar-refractivity contribution >= 4 is 11.9 Å². The zero-order valence-electron chi connectivity index (χ0n) is 10.5. The molecule has 0 aromatic carbocycles. The maximum absolute atomic E-state index is 12.1. The van der Waals surface area contributed by atoms with Crippen molar-refractivity contribution in [2.45, 2.75) is 12.2 Å². The summed E-state index contributed by atoms with van der Waals surface area (Å²) in [5.74, 6) is -3.75. The number of alkyl halides is 3. The molecule has 1 saturated heterocycles. The predicted molar refractivity (Wildman–Crippen MR) is 59.4 cm³/mol. The summed E-state index contributed by atoms with van der Waals surface area (Å²) < 4.78 is 42.7. The number of rotatable bonds is 4. The van der Waals surface area contributed by atoms with Gasteiger partial charge in [-0.05, 0) is 0 Å². The van der Waals surface area contributed by atoms with Crippen LogP contribution in [0.4, 0.5) is 13.2 Å². The summed E-state index contributed by atoms with van der Waals surface area (Å²) in [6, 6.07) is -0.487. The van der Waals surface area contributed by atoms with E-state index in [0.29, 0.717) is 0 Å². The number of hydrogen-bond acceptors (Lipinski definition) is 5. The van der Waals surface area contributed by atoms with Gasteiger partial charge in [0, 0.05) is 12.5 Å². The molecule has 0 bridgehead atoms. The molecule has 0 aliphatic carbocycles. The van der Waals surface area contributed by atoms with Gasteiger partial charge in [-0.3, -0.25) is 4.79 Å². The number of hydrogen-bond donors (Lipinski definition) is 2. The molecule has 0 spiro atoms. The van der Waals surface area contributed by atoms with Crippen LogP contribution in [-0.4, -0.2) is 57.9 Å². The van der Waals surface area contributed by atoms with E-state index in [9.17, 15) is 22.8 Å². The molecule has 2 heterocycles. The standard InChI is InChI=1S/C10H11F3N4O4/c11-10(12,13)9(20)14-1-5-3-21-4-7(5)17-2-6(8(18)19)15-16-17/h2,5,7H,1,3-4H2,(H,14,20)(H,18,19)/t5-,7-/m1/s1. The molecule has 1 aromatic rings. The summed E-state index contributed by atoms with van der Waals surface area (Å²) in [7, 11) is 0. The summed E-state index contributed by atoms with van der Waals surface area (Å²) in [6.45, 7) is 0.0192. The van der Waals surface area contributed by atoms with Crippen molar-refractivity contribution in [3.63, 3.8) is 0 Å². The van der Waals surface area contributed by atoms with Crippen molar-refractivity contribution < 1.29 is 32.6 Å². The lowest BCUT2D eigenvalue weighted by Gasteiger charge is -2.18. The van der Waals surface area contributed by atoms with Crippen molar-refractivity contribution in [2.24, 2.45) is 5.92 Å². The number of aromatic nitrogens is 3. The molecule has 1 amide bonds. The van der Waals surface area contributed by atoms with Crippen molar-refractivity contribution in [2.75, 3.05) is 19.8 Å². The van der Waals surface area contributed by atoms with Crippen molar-refractivity contribution in [3.8, 4) is 0 Å².